The molecular weight excluding hydrogens is 713 g/mol. The fourth-order valence-electron chi connectivity index (χ4n) is 9.89. The van der Waals surface area contributed by atoms with Gasteiger partial charge in [-0.2, -0.15) is 0 Å². The van der Waals surface area contributed by atoms with Gasteiger partial charge < -0.3 is 40.4 Å². The zero-order valence-corrected chi connectivity index (χ0v) is 29.9. The van der Waals surface area contributed by atoms with Gasteiger partial charge in [-0.25, -0.2) is 0 Å². The largest absolute Gasteiger partial charge is 0.504 e. The van der Waals surface area contributed by atoms with Crippen LogP contribution >= 0.6 is 0 Å². The lowest BCUT2D eigenvalue weighted by molar-refractivity contribution is -0.135. The highest BCUT2D eigenvalue weighted by Crippen LogP contribution is 2.53. The van der Waals surface area contributed by atoms with Gasteiger partial charge in [-0.1, -0.05) is 24.3 Å². The highest BCUT2D eigenvalue weighted by molar-refractivity contribution is 6.45. The normalized spacial score (nSPS) is 21.2. The van der Waals surface area contributed by atoms with Crippen LogP contribution in [0.15, 0.2) is 36.4 Å². The van der Waals surface area contributed by atoms with Crippen molar-refractivity contribution in [3.05, 3.63) is 114 Å². The first-order valence-corrected chi connectivity index (χ1v) is 18.4. The minimum Gasteiger partial charge on any atom is -0.504 e. The number of phenols is 4. The van der Waals surface area contributed by atoms with Crippen LogP contribution in [0.3, 0.4) is 0 Å². The maximum absolute atomic E-state index is 13.2. The Balaban J connectivity index is 1.27. The molecule has 12 nitrogen and oxygen atoms in total. The standard InChI is InChI=1S/C44H32N4O8/c1-15-3-5-19(39(51)37(15)49)21-7-17-9-29-33-23-11-25(43(55)41(23)53)35(33)31(47-29)14-32-36-26-12-24(42(54)44(26)56)34(36)30(48-32)10-18-8-22(28(46-18)13-27(21)45-17)20-6-4-16(2)38(50)40(20)52/h3-10,13-14,23-26,45-52H,11-12H2,1-2H3. The van der Waals surface area contributed by atoms with Gasteiger partial charge in [0.05, 0.1) is 23.7 Å². The zero-order valence-electron chi connectivity index (χ0n) is 29.9. The van der Waals surface area contributed by atoms with Crippen molar-refractivity contribution in [3.63, 3.8) is 0 Å². The number of benzene rings is 2. The summed E-state index contributed by atoms with van der Waals surface area (Å²) < 4.78 is 0. The molecule has 5 aliphatic rings. The molecule has 0 amide bonds. The molecule has 4 unspecified atom stereocenters. The minimum atomic E-state index is -0.612. The molecule has 4 aliphatic carbocycles. The van der Waals surface area contributed by atoms with E-state index < -0.39 is 46.8 Å². The third-order valence-corrected chi connectivity index (χ3v) is 12.6. The van der Waals surface area contributed by atoms with Crippen molar-refractivity contribution in [2.45, 2.75) is 50.4 Å². The van der Waals surface area contributed by atoms with E-state index in [0.29, 0.717) is 90.4 Å². The van der Waals surface area contributed by atoms with E-state index in [1.54, 1.807) is 44.2 Å². The molecule has 11 rings (SSSR count). The molecule has 276 valence electrons. The number of carbonyl (C=O) groups is 4. The molecule has 0 spiro atoms. The molecule has 2 saturated carbocycles. The van der Waals surface area contributed by atoms with Crippen LogP contribution in [-0.2, 0) is 19.2 Å². The molecule has 6 aromatic rings. The number of phenolic OH excluding ortho intramolecular Hbond substituents is 4. The lowest BCUT2D eigenvalue weighted by Crippen LogP contribution is -2.25. The third kappa shape index (κ3) is 4.12. The van der Waals surface area contributed by atoms with E-state index in [1.807, 2.05) is 30.4 Å². The fraction of sp³-hybridized carbons (Fsp3) is 0.182. The number of Topliss-reactive ketones (excluding diaryl/α,β-unsaturated/α-hetero) is 4. The van der Waals surface area contributed by atoms with E-state index in [0.717, 1.165) is 22.3 Å². The maximum atomic E-state index is 13.2. The van der Waals surface area contributed by atoms with Gasteiger partial charge in [0, 0.05) is 66.4 Å². The number of hydrogen-bond donors (Lipinski definition) is 8. The number of aromatic hydroxyl groups is 4. The second kappa shape index (κ2) is 10.8. The predicted molar refractivity (Wildman–Crippen MR) is 203 cm³/mol. The average molecular weight is 745 g/mol. The molecule has 0 saturated heterocycles. The number of hydrogen-bond acceptors (Lipinski definition) is 8. The van der Waals surface area contributed by atoms with Crippen LogP contribution in [0.5, 0.6) is 23.0 Å². The topological polar surface area (TPSA) is 212 Å². The fourth-order valence-corrected chi connectivity index (χ4v) is 9.89. The van der Waals surface area contributed by atoms with Crippen LogP contribution in [-0.4, -0.2) is 63.5 Å². The van der Waals surface area contributed by atoms with E-state index >= 15 is 0 Å². The molecule has 1 aliphatic heterocycles. The number of aryl methyl sites for hydroxylation is 2. The molecular formula is C44H32N4O8. The van der Waals surface area contributed by atoms with Crippen molar-refractivity contribution in [3.8, 4) is 45.3 Å². The van der Waals surface area contributed by atoms with E-state index in [2.05, 4.69) is 19.9 Å². The molecule has 5 heterocycles. The molecule has 8 N–H and O–H groups in total. The Morgan fingerprint density at radius 3 is 1.55 bits per heavy atom. The summed E-state index contributed by atoms with van der Waals surface area (Å²) in [5.74, 6) is -5.25. The van der Waals surface area contributed by atoms with Gasteiger partial charge in [0.25, 0.3) is 0 Å². The predicted octanol–water partition coefficient (Wildman–Crippen LogP) is 2.85. The van der Waals surface area contributed by atoms with Gasteiger partial charge >= 0.3 is 0 Å². The highest BCUT2D eigenvalue weighted by Gasteiger charge is 2.54. The molecule has 56 heavy (non-hydrogen) atoms. The quantitative estimate of drug-likeness (QED) is 0.0972. The summed E-state index contributed by atoms with van der Waals surface area (Å²) in [6.07, 6.45) is 8.12. The Labute approximate surface area is 315 Å². The second-order valence-electron chi connectivity index (χ2n) is 15.6. The lowest BCUT2D eigenvalue weighted by Gasteiger charge is -2.10. The number of ketones is 4. The number of carbonyl (C=O) groups excluding carboxylic acids is 4. The molecule has 4 atom stereocenters. The van der Waals surface area contributed by atoms with E-state index in [1.165, 1.54) is 0 Å². The second-order valence-corrected chi connectivity index (χ2v) is 15.6. The zero-order chi connectivity index (χ0) is 38.6. The average Bonchev–Trinajstić information content (AvgIpc) is 4.04. The Kier molecular flexibility index (Phi) is 6.23. The first-order chi connectivity index (χ1) is 26.9. The molecule has 2 aromatic carbocycles. The molecule has 0 radical (unpaired) electrons. The number of nitrogens with one attached hydrogen (secondary N) is 4. The van der Waals surface area contributed by atoms with Crippen LogP contribution in [0, 0.1) is 13.8 Å². The number of fused-ring (bicyclic) bond motifs is 22. The third-order valence-electron chi connectivity index (χ3n) is 12.6. The Hall–Kier alpha value is -7.08. The summed E-state index contributed by atoms with van der Waals surface area (Å²) in [5, 5.41) is 46.4. The van der Waals surface area contributed by atoms with Gasteiger partial charge in [-0.05, 0) is 96.5 Å². The van der Waals surface area contributed by atoms with Crippen molar-refractivity contribution < 1.29 is 39.6 Å². The van der Waals surface area contributed by atoms with Crippen molar-refractivity contribution in [1.29, 1.82) is 0 Å². The molecule has 2 fully saturated rings. The van der Waals surface area contributed by atoms with Gasteiger partial charge in [0.15, 0.2) is 23.0 Å². The lowest BCUT2D eigenvalue weighted by atomic mass is 9.89. The van der Waals surface area contributed by atoms with Gasteiger partial charge in [-0.15, -0.1) is 0 Å². The Morgan fingerprint density at radius 1 is 0.464 bits per heavy atom. The highest BCUT2D eigenvalue weighted by atomic mass is 16.3. The van der Waals surface area contributed by atoms with Crippen LogP contribution < -0.4 is 21.4 Å². The monoisotopic (exact) mass is 744 g/mol. The van der Waals surface area contributed by atoms with Crippen molar-refractivity contribution in [2.75, 3.05) is 0 Å². The summed E-state index contributed by atoms with van der Waals surface area (Å²) in [5.41, 5.74) is 8.03. The smallest absolute Gasteiger partial charge is 0.206 e. The van der Waals surface area contributed by atoms with Gasteiger partial charge in [0.1, 0.15) is 0 Å². The van der Waals surface area contributed by atoms with Crippen molar-refractivity contribution >= 4 is 47.4 Å². The van der Waals surface area contributed by atoms with Gasteiger partial charge in [0.2, 0.25) is 23.1 Å². The Morgan fingerprint density at radius 2 is 0.964 bits per heavy atom. The van der Waals surface area contributed by atoms with Crippen LogP contribution in [0.25, 0.3) is 46.6 Å². The number of aromatic amines is 4. The van der Waals surface area contributed by atoms with Crippen LogP contribution in [0.4, 0.5) is 0 Å². The number of H-pyrrole nitrogens is 4. The summed E-state index contributed by atoms with van der Waals surface area (Å²) in [6.45, 7) is 3.37. The van der Waals surface area contributed by atoms with Crippen molar-refractivity contribution in [2.24, 2.45) is 0 Å². The molecule has 4 aromatic heterocycles. The summed E-state index contributed by atoms with van der Waals surface area (Å²) in [4.78, 5) is 66.6. The number of aromatic nitrogens is 4. The van der Waals surface area contributed by atoms with Crippen molar-refractivity contribution in [1.82, 2.24) is 19.9 Å². The maximum Gasteiger partial charge on any atom is 0.206 e. The first kappa shape index (κ1) is 32.4. The van der Waals surface area contributed by atoms with E-state index in [-0.39, 0.29) is 23.0 Å². The van der Waals surface area contributed by atoms with Crippen LogP contribution in [0.1, 0.15) is 92.7 Å². The first-order valence-electron chi connectivity index (χ1n) is 18.4. The van der Waals surface area contributed by atoms with Gasteiger partial charge in [-0.3, -0.25) is 19.2 Å². The van der Waals surface area contributed by atoms with E-state index in [4.69, 9.17) is 0 Å². The summed E-state index contributed by atoms with van der Waals surface area (Å²) in [6, 6.07) is 10.5. The Bertz CT molecular complexity index is 3170. The molecule has 12 heteroatoms. The molecule has 12 bridgehead atoms. The summed E-state index contributed by atoms with van der Waals surface area (Å²) in [7, 11) is 0. The summed E-state index contributed by atoms with van der Waals surface area (Å²) >= 11 is 0. The van der Waals surface area contributed by atoms with E-state index in [9.17, 15) is 39.6 Å². The number of rotatable bonds is 2. The van der Waals surface area contributed by atoms with Crippen LogP contribution in [0.2, 0.25) is 0 Å². The minimum absolute atomic E-state index is 0.260. The SMILES string of the molecule is Cc1ccc(-c2cc3[nH]c2C=c2[nH]c(cc2-c2ccc(C)c(O)c2O)=Cc2[nH]c(c4c2C2CC4C(=O)C2=O)C=c2[nH]c(c4c2C2CC4C(=O)C2=O)=C3)c(O)c1O.